The van der Waals surface area contributed by atoms with Crippen molar-refractivity contribution in [2.75, 3.05) is 7.11 Å². The van der Waals surface area contributed by atoms with E-state index in [9.17, 15) is 9.18 Å². The molecule has 1 aliphatic heterocycles. The van der Waals surface area contributed by atoms with Crippen molar-refractivity contribution >= 4 is 17.6 Å². The van der Waals surface area contributed by atoms with E-state index in [-0.39, 0.29) is 17.5 Å². The normalized spacial score (nSPS) is 13.5. The average Bonchev–Trinajstić information content (AvgIpc) is 2.93. The fourth-order valence-corrected chi connectivity index (χ4v) is 2.72. The van der Waals surface area contributed by atoms with Crippen LogP contribution in [0.15, 0.2) is 12.3 Å². The van der Waals surface area contributed by atoms with E-state index in [4.69, 9.17) is 21.1 Å². The van der Waals surface area contributed by atoms with Gasteiger partial charge in [0.05, 0.1) is 19.0 Å². The molecule has 1 aliphatic rings. The molecule has 3 rings (SSSR count). The Morgan fingerprint density at radius 2 is 2.30 bits per heavy atom. The summed E-state index contributed by atoms with van der Waals surface area (Å²) >= 11 is 5.53. The number of aromatic nitrogens is 3. The van der Waals surface area contributed by atoms with E-state index in [0.717, 1.165) is 37.6 Å². The van der Waals surface area contributed by atoms with E-state index in [1.54, 1.807) is 0 Å². The van der Waals surface area contributed by atoms with Gasteiger partial charge in [-0.1, -0.05) is 11.6 Å². The number of esters is 1. The maximum atomic E-state index is 13.4. The minimum atomic E-state index is -0.665. The molecule has 122 valence electrons. The molecule has 3 heterocycles. The van der Waals surface area contributed by atoms with Crippen LogP contribution in [0.1, 0.15) is 34.6 Å². The van der Waals surface area contributed by atoms with Gasteiger partial charge in [-0.25, -0.2) is 14.2 Å². The van der Waals surface area contributed by atoms with Gasteiger partial charge in [0.15, 0.2) is 11.0 Å². The quantitative estimate of drug-likeness (QED) is 0.633. The van der Waals surface area contributed by atoms with Crippen LogP contribution in [0.3, 0.4) is 0 Å². The van der Waals surface area contributed by atoms with Gasteiger partial charge in [-0.15, -0.1) is 0 Å². The topological polar surface area (TPSA) is 66.2 Å². The highest BCUT2D eigenvalue weighted by Crippen LogP contribution is 2.24. The lowest BCUT2D eigenvalue weighted by Gasteiger charge is -2.13. The number of carbonyl (C=O) groups is 1. The van der Waals surface area contributed by atoms with Crippen LogP contribution in [0, 0.1) is 5.82 Å². The summed E-state index contributed by atoms with van der Waals surface area (Å²) in [6.07, 6.45) is 4.11. The number of halogens is 2. The molecular formula is C15H15ClFN3O3. The Bertz CT molecular complexity index is 748. The van der Waals surface area contributed by atoms with Crippen molar-refractivity contribution < 1.29 is 18.7 Å². The second kappa shape index (κ2) is 6.54. The molecule has 2 aromatic heterocycles. The number of methoxy groups -OCH3 is 1. The zero-order chi connectivity index (χ0) is 16.4. The van der Waals surface area contributed by atoms with Crippen LogP contribution in [0.2, 0.25) is 5.15 Å². The molecule has 8 heteroatoms. The van der Waals surface area contributed by atoms with Crippen LogP contribution < -0.4 is 4.74 Å². The van der Waals surface area contributed by atoms with E-state index in [1.165, 1.54) is 13.3 Å². The van der Waals surface area contributed by atoms with Crippen molar-refractivity contribution in [3.63, 3.8) is 0 Å². The maximum Gasteiger partial charge on any atom is 0.341 e. The van der Waals surface area contributed by atoms with Crippen molar-refractivity contribution in [2.45, 2.75) is 32.4 Å². The predicted octanol–water partition coefficient (Wildman–Crippen LogP) is 2.77. The molecule has 0 aliphatic carbocycles. The average molecular weight is 340 g/mol. The minimum absolute atomic E-state index is 0.0210. The van der Waals surface area contributed by atoms with Gasteiger partial charge in [-0.05, 0) is 19.3 Å². The first-order chi connectivity index (χ1) is 11.1. The molecule has 0 aromatic carbocycles. The molecule has 0 N–H and O–H groups in total. The van der Waals surface area contributed by atoms with Crippen LogP contribution in [-0.2, 0) is 24.3 Å². The summed E-state index contributed by atoms with van der Waals surface area (Å²) in [6.45, 7) is 0.781. The summed E-state index contributed by atoms with van der Waals surface area (Å²) in [5.74, 6) is -0.887. The first kappa shape index (κ1) is 15.7. The zero-order valence-electron chi connectivity index (χ0n) is 12.5. The highest BCUT2D eigenvalue weighted by atomic mass is 35.5. The van der Waals surface area contributed by atoms with Crippen molar-refractivity contribution in [1.29, 1.82) is 0 Å². The van der Waals surface area contributed by atoms with Crippen LogP contribution in [0.5, 0.6) is 5.75 Å². The summed E-state index contributed by atoms with van der Waals surface area (Å²) in [5.41, 5.74) is 1.78. The monoisotopic (exact) mass is 339 g/mol. The summed E-state index contributed by atoms with van der Waals surface area (Å²) in [7, 11) is 1.33. The van der Waals surface area contributed by atoms with Gasteiger partial charge in [0, 0.05) is 12.6 Å². The number of aryl methyl sites for hydroxylation is 1. The van der Waals surface area contributed by atoms with Gasteiger partial charge in [0.2, 0.25) is 0 Å². The van der Waals surface area contributed by atoms with Gasteiger partial charge < -0.3 is 9.47 Å². The SMILES string of the molecule is COC(=O)c1c(COc2cnc(Cl)c(F)c2)nn2c1CCCC2. The van der Waals surface area contributed by atoms with Gasteiger partial charge in [-0.2, -0.15) is 5.10 Å². The molecule has 23 heavy (non-hydrogen) atoms. The summed E-state index contributed by atoms with van der Waals surface area (Å²) in [4.78, 5) is 15.7. The molecule has 0 saturated heterocycles. The molecular weight excluding hydrogens is 325 g/mol. The fourth-order valence-electron chi connectivity index (χ4n) is 2.62. The minimum Gasteiger partial charge on any atom is -0.485 e. The number of hydrogen-bond acceptors (Lipinski definition) is 5. The van der Waals surface area contributed by atoms with Crippen molar-refractivity contribution in [3.05, 3.63) is 40.2 Å². The lowest BCUT2D eigenvalue weighted by molar-refractivity contribution is 0.0596. The van der Waals surface area contributed by atoms with E-state index in [2.05, 4.69) is 10.1 Å². The number of ether oxygens (including phenoxy) is 2. The van der Waals surface area contributed by atoms with E-state index in [1.807, 2.05) is 4.68 Å². The van der Waals surface area contributed by atoms with Crippen LogP contribution >= 0.6 is 11.6 Å². The fraction of sp³-hybridized carbons (Fsp3) is 0.400. The summed E-state index contributed by atoms with van der Waals surface area (Å²) in [6, 6.07) is 1.14. The van der Waals surface area contributed by atoms with Crippen molar-refractivity contribution in [1.82, 2.24) is 14.8 Å². The van der Waals surface area contributed by atoms with Gasteiger partial charge in [0.1, 0.15) is 23.6 Å². The number of rotatable bonds is 4. The number of nitrogens with zero attached hydrogens (tertiary/aromatic N) is 3. The first-order valence-electron chi connectivity index (χ1n) is 7.21. The Kier molecular flexibility index (Phi) is 4.47. The lowest BCUT2D eigenvalue weighted by atomic mass is 10.1. The molecule has 0 bridgehead atoms. The summed E-state index contributed by atoms with van der Waals surface area (Å²) < 4.78 is 25.5. The van der Waals surface area contributed by atoms with Crippen molar-refractivity contribution in [2.24, 2.45) is 0 Å². The molecule has 0 unspecified atom stereocenters. The van der Waals surface area contributed by atoms with E-state index >= 15 is 0 Å². The third-order valence-corrected chi connectivity index (χ3v) is 3.98. The van der Waals surface area contributed by atoms with E-state index < -0.39 is 11.8 Å². The third kappa shape index (κ3) is 3.14. The molecule has 0 radical (unpaired) electrons. The molecule has 0 amide bonds. The Hall–Kier alpha value is -2.15. The second-order valence-corrected chi connectivity index (χ2v) is 5.53. The molecule has 0 atom stereocenters. The van der Waals surface area contributed by atoms with Crippen molar-refractivity contribution in [3.8, 4) is 5.75 Å². The number of carbonyl (C=O) groups excluding carboxylic acids is 1. The smallest absolute Gasteiger partial charge is 0.341 e. The lowest BCUT2D eigenvalue weighted by Crippen LogP contribution is -2.14. The predicted molar refractivity (Wildman–Crippen MR) is 80.0 cm³/mol. The highest BCUT2D eigenvalue weighted by molar-refractivity contribution is 6.29. The second-order valence-electron chi connectivity index (χ2n) is 5.17. The number of fused-ring (bicyclic) bond motifs is 1. The number of pyridine rings is 1. The number of hydrogen-bond donors (Lipinski definition) is 0. The standard InChI is InChI=1S/C15H15ClFN3O3/c1-22-15(21)13-11(19-20-5-3-2-4-12(13)20)8-23-9-6-10(17)14(16)18-7-9/h6-7H,2-5,8H2,1H3. The first-order valence-corrected chi connectivity index (χ1v) is 7.58. The third-order valence-electron chi connectivity index (χ3n) is 3.70. The highest BCUT2D eigenvalue weighted by Gasteiger charge is 2.26. The Balaban J connectivity index is 1.85. The van der Waals surface area contributed by atoms with E-state index in [0.29, 0.717) is 11.3 Å². The Morgan fingerprint density at radius 1 is 1.48 bits per heavy atom. The van der Waals surface area contributed by atoms with Crippen LogP contribution in [0.25, 0.3) is 0 Å². The van der Waals surface area contributed by atoms with Gasteiger partial charge in [-0.3, -0.25) is 4.68 Å². The Morgan fingerprint density at radius 3 is 3.04 bits per heavy atom. The molecule has 0 spiro atoms. The van der Waals surface area contributed by atoms with Gasteiger partial charge >= 0.3 is 5.97 Å². The summed E-state index contributed by atoms with van der Waals surface area (Å²) in [5, 5.41) is 4.21. The molecule has 0 saturated carbocycles. The van der Waals surface area contributed by atoms with Crippen LogP contribution in [-0.4, -0.2) is 27.8 Å². The molecule has 0 fully saturated rings. The maximum absolute atomic E-state index is 13.4. The molecule has 2 aromatic rings. The Labute approximate surface area is 137 Å². The zero-order valence-corrected chi connectivity index (χ0v) is 13.3. The van der Waals surface area contributed by atoms with Gasteiger partial charge in [0.25, 0.3) is 0 Å². The van der Waals surface area contributed by atoms with Crippen LogP contribution in [0.4, 0.5) is 4.39 Å². The molecule has 6 nitrogen and oxygen atoms in total. The largest absolute Gasteiger partial charge is 0.485 e.